The summed E-state index contributed by atoms with van der Waals surface area (Å²) in [6.07, 6.45) is 6.35. The zero-order valence-electron chi connectivity index (χ0n) is 9.18. The second kappa shape index (κ2) is 3.76. The minimum atomic E-state index is -0.706. The molecule has 2 nitrogen and oxygen atoms in total. The number of carboxylic acid groups (broad SMARTS) is 1. The quantitative estimate of drug-likeness (QED) is 0.703. The molecule has 80 valence electrons. The third-order valence-corrected chi connectivity index (χ3v) is 3.30. The average molecular weight is 196 g/mol. The van der Waals surface area contributed by atoms with Crippen LogP contribution in [0.2, 0.25) is 0 Å². The summed E-state index contributed by atoms with van der Waals surface area (Å²) in [6.45, 7) is 8.24. The summed E-state index contributed by atoms with van der Waals surface area (Å²) in [5, 5.41) is 8.88. The van der Waals surface area contributed by atoms with Gasteiger partial charge in [-0.05, 0) is 30.1 Å². The van der Waals surface area contributed by atoms with Crippen molar-refractivity contribution < 1.29 is 9.90 Å². The summed E-state index contributed by atoms with van der Waals surface area (Å²) in [4.78, 5) is 10.8. The maximum absolute atomic E-state index is 10.8. The number of rotatable bonds is 3. The van der Waals surface area contributed by atoms with Crippen LogP contribution in [0.5, 0.6) is 0 Å². The molecule has 0 saturated heterocycles. The Balaban J connectivity index is 2.78. The Morgan fingerprint density at radius 2 is 2.14 bits per heavy atom. The summed E-state index contributed by atoms with van der Waals surface area (Å²) in [5.74, 6) is -0.706. The molecule has 1 atom stereocenters. The molecule has 0 aromatic carbocycles. The number of carboxylic acids is 1. The topological polar surface area (TPSA) is 37.3 Å². The largest absolute Gasteiger partial charge is 0.481 e. The van der Waals surface area contributed by atoms with E-state index in [0.29, 0.717) is 0 Å². The van der Waals surface area contributed by atoms with Gasteiger partial charge in [0.25, 0.3) is 0 Å². The lowest BCUT2D eigenvalue weighted by Gasteiger charge is -2.42. The molecular weight excluding hydrogens is 176 g/mol. The fourth-order valence-electron chi connectivity index (χ4n) is 2.75. The number of hydrogen-bond acceptors (Lipinski definition) is 1. The van der Waals surface area contributed by atoms with Gasteiger partial charge in [-0.25, -0.2) is 0 Å². The summed E-state index contributed by atoms with van der Waals surface area (Å²) in [7, 11) is 0. The second-order valence-electron chi connectivity index (χ2n) is 5.33. The van der Waals surface area contributed by atoms with Crippen molar-refractivity contribution >= 4 is 5.97 Å². The zero-order valence-corrected chi connectivity index (χ0v) is 9.18. The van der Waals surface area contributed by atoms with Crippen LogP contribution in [0.1, 0.15) is 46.0 Å². The molecule has 0 heterocycles. The molecule has 1 saturated carbocycles. The Labute approximate surface area is 86.0 Å². The number of carbonyl (C=O) groups is 1. The van der Waals surface area contributed by atoms with Gasteiger partial charge in [-0.15, -0.1) is 6.58 Å². The van der Waals surface area contributed by atoms with Gasteiger partial charge in [0.15, 0.2) is 0 Å². The van der Waals surface area contributed by atoms with Crippen molar-refractivity contribution in [2.45, 2.75) is 46.0 Å². The van der Waals surface area contributed by atoms with E-state index in [2.05, 4.69) is 20.4 Å². The van der Waals surface area contributed by atoms with Gasteiger partial charge < -0.3 is 5.11 Å². The molecule has 1 fully saturated rings. The molecule has 0 aromatic rings. The molecule has 1 N–H and O–H groups in total. The third kappa shape index (κ3) is 2.60. The fraction of sp³-hybridized carbons (Fsp3) is 0.750. The minimum Gasteiger partial charge on any atom is -0.481 e. The van der Waals surface area contributed by atoms with Gasteiger partial charge in [0.2, 0.25) is 0 Å². The lowest BCUT2D eigenvalue weighted by Crippen LogP contribution is -2.33. The van der Waals surface area contributed by atoms with Crippen molar-refractivity contribution in [1.82, 2.24) is 0 Å². The van der Waals surface area contributed by atoms with Crippen LogP contribution >= 0.6 is 0 Å². The smallest absolute Gasteiger partial charge is 0.304 e. The van der Waals surface area contributed by atoms with E-state index in [1.54, 1.807) is 0 Å². The van der Waals surface area contributed by atoms with Gasteiger partial charge in [0, 0.05) is 0 Å². The minimum absolute atomic E-state index is 0.159. The highest BCUT2D eigenvalue weighted by Gasteiger charge is 2.39. The van der Waals surface area contributed by atoms with Gasteiger partial charge in [-0.3, -0.25) is 4.79 Å². The standard InChI is InChI=1S/C12H20O2/c1-4-12(8-10(13)14)7-5-6-11(2,3)9-12/h4H,1,5-9H2,2-3H3,(H,13,14). The predicted molar refractivity (Wildman–Crippen MR) is 57.1 cm³/mol. The lowest BCUT2D eigenvalue weighted by molar-refractivity contribution is -0.140. The Bertz CT molecular complexity index is 243. The van der Waals surface area contributed by atoms with Crippen LogP contribution in [0.25, 0.3) is 0 Å². The first-order valence-corrected chi connectivity index (χ1v) is 5.25. The highest BCUT2D eigenvalue weighted by Crippen LogP contribution is 2.48. The Morgan fingerprint density at radius 3 is 2.57 bits per heavy atom. The summed E-state index contributed by atoms with van der Waals surface area (Å²) < 4.78 is 0. The van der Waals surface area contributed by atoms with E-state index in [-0.39, 0.29) is 17.3 Å². The second-order valence-corrected chi connectivity index (χ2v) is 5.33. The maximum atomic E-state index is 10.8. The van der Waals surface area contributed by atoms with Crippen LogP contribution in [-0.2, 0) is 4.79 Å². The third-order valence-electron chi connectivity index (χ3n) is 3.30. The predicted octanol–water partition coefficient (Wildman–Crippen LogP) is 3.23. The first-order chi connectivity index (χ1) is 6.39. The molecule has 1 aliphatic carbocycles. The molecule has 0 spiro atoms. The monoisotopic (exact) mass is 196 g/mol. The molecule has 0 amide bonds. The van der Waals surface area contributed by atoms with E-state index in [0.717, 1.165) is 19.3 Å². The highest BCUT2D eigenvalue weighted by molar-refractivity contribution is 5.68. The molecule has 1 unspecified atom stereocenters. The van der Waals surface area contributed by atoms with Crippen LogP contribution in [-0.4, -0.2) is 11.1 Å². The summed E-state index contributed by atoms with van der Waals surface area (Å²) in [5.41, 5.74) is 0.107. The average Bonchev–Trinajstić information content (AvgIpc) is 2.01. The number of allylic oxidation sites excluding steroid dienone is 1. The van der Waals surface area contributed by atoms with E-state index in [9.17, 15) is 4.79 Å². The van der Waals surface area contributed by atoms with Crippen LogP contribution in [0.15, 0.2) is 12.7 Å². The number of aliphatic carboxylic acids is 1. The van der Waals surface area contributed by atoms with Crippen molar-refractivity contribution in [2.24, 2.45) is 10.8 Å². The molecule has 0 bridgehead atoms. The highest BCUT2D eigenvalue weighted by atomic mass is 16.4. The lowest BCUT2D eigenvalue weighted by atomic mass is 9.62. The van der Waals surface area contributed by atoms with Crippen LogP contribution in [0.4, 0.5) is 0 Å². The van der Waals surface area contributed by atoms with Crippen molar-refractivity contribution in [1.29, 1.82) is 0 Å². The van der Waals surface area contributed by atoms with E-state index in [1.165, 1.54) is 6.42 Å². The SMILES string of the molecule is C=CC1(CC(=O)O)CCCC(C)(C)C1. The van der Waals surface area contributed by atoms with Gasteiger partial charge in [-0.2, -0.15) is 0 Å². The van der Waals surface area contributed by atoms with Gasteiger partial charge >= 0.3 is 5.97 Å². The molecule has 0 aromatic heterocycles. The fourth-order valence-corrected chi connectivity index (χ4v) is 2.75. The van der Waals surface area contributed by atoms with Crippen LogP contribution < -0.4 is 0 Å². The van der Waals surface area contributed by atoms with E-state index >= 15 is 0 Å². The Morgan fingerprint density at radius 1 is 1.50 bits per heavy atom. The Hall–Kier alpha value is -0.790. The van der Waals surface area contributed by atoms with E-state index < -0.39 is 5.97 Å². The van der Waals surface area contributed by atoms with Crippen molar-refractivity contribution in [3.63, 3.8) is 0 Å². The molecule has 2 heteroatoms. The van der Waals surface area contributed by atoms with Gasteiger partial charge in [0.1, 0.15) is 0 Å². The normalized spacial score (nSPS) is 31.0. The van der Waals surface area contributed by atoms with Crippen LogP contribution in [0.3, 0.4) is 0 Å². The van der Waals surface area contributed by atoms with E-state index in [4.69, 9.17) is 5.11 Å². The number of hydrogen-bond donors (Lipinski definition) is 1. The molecule has 0 aliphatic heterocycles. The van der Waals surface area contributed by atoms with Crippen LogP contribution in [0, 0.1) is 10.8 Å². The summed E-state index contributed by atoms with van der Waals surface area (Å²) in [6, 6.07) is 0. The van der Waals surface area contributed by atoms with Gasteiger partial charge in [-0.1, -0.05) is 26.3 Å². The van der Waals surface area contributed by atoms with Gasteiger partial charge in [0.05, 0.1) is 6.42 Å². The maximum Gasteiger partial charge on any atom is 0.304 e. The molecule has 14 heavy (non-hydrogen) atoms. The first kappa shape index (κ1) is 11.3. The molecular formula is C12H20O2. The van der Waals surface area contributed by atoms with E-state index in [1.807, 2.05) is 6.08 Å². The van der Waals surface area contributed by atoms with Crippen molar-refractivity contribution in [3.8, 4) is 0 Å². The van der Waals surface area contributed by atoms with Crippen molar-refractivity contribution in [3.05, 3.63) is 12.7 Å². The Kier molecular flexibility index (Phi) is 3.03. The zero-order chi connectivity index (χ0) is 10.8. The molecule has 1 rings (SSSR count). The summed E-state index contributed by atoms with van der Waals surface area (Å²) >= 11 is 0. The van der Waals surface area contributed by atoms with Crippen molar-refractivity contribution in [2.75, 3.05) is 0 Å². The molecule has 0 radical (unpaired) electrons. The first-order valence-electron chi connectivity index (χ1n) is 5.25. The molecule has 1 aliphatic rings.